The number of nitrogen functional groups attached to an aromatic ring is 1. The maximum atomic E-state index is 13.9. The van der Waals surface area contributed by atoms with E-state index in [1.807, 2.05) is 38.1 Å². The number of aromatic nitrogens is 3. The van der Waals surface area contributed by atoms with E-state index in [4.69, 9.17) is 10.5 Å². The second-order valence-corrected chi connectivity index (χ2v) is 7.49. The molecule has 0 fully saturated rings. The van der Waals surface area contributed by atoms with Crippen molar-refractivity contribution in [1.29, 1.82) is 0 Å². The predicted octanol–water partition coefficient (Wildman–Crippen LogP) is 3.84. The lowest BCUT2D eigenvalue weighted by Gasteiger charge is -2.09. The van der Waals surface area contributed by atoms with Gasteiger partial charge in [0.1, 0.15) is 22.7 Å². The maximum absolute atomic E-state index is 13.9. The Balaban J connectivity index is 1.78. The first-order valence-corrected chi connectivity index (χ1v) is 10.2. The Bertz CT molecular complexity index is 1250. The number of fused-ring (bicyclic) bond motifs is 2. The quantitative estimate of drug-likeness (QED) is 0.442. The molecule has 0 saturated heterocycles. The molecule has 0 atom stereocenters. The topological polar surface area (TPSA) is 95.1 Å². The summed E-state index contributed by atoms with van der Waals surface area (Å²) in [6.45, 7) is 4.90. The van der Waals surface area contributed by atoms with Gasteiger partial charge in [-0.2, -0.15) is 0 Å². The summed E-state index contributed by atoms with van der Waals surface area (Å²) in [5, 5.41) is 2.88. The minimum atomic E-state index is -0.413. The lowest BCUT2D eigenvalue weighted by molar-refractivity contribution is 0.0757. The van der Waals surface area contributed by atoms with Crippen molar-refractivity contribution >= 4 is 33.9 Å². The van der Waals surface area contributed by atoms with E-state index >= 15 is 0 Å². The molecule has 0 aliphatic rings. The van der Waals surface area contributed by atoms with Gasteiger partial charge < -0.3 is 15.8 Å². The molecule has 2 aromatic carbocycles. The summed E-state index contributed by atoms with van der Waals surface area (Å²) in [6, 6.07) is 13.3. The molecular formula is C23H24FN5O2. The number of nitrogens with zero attached hydrogens (tertiary/aromatic N) is 3. The number of amides is 1. The zero-order chi connectivity index (χ0) is 22.0. The number of carbonyl (C=O) groups excluding carboxylic acids is 1. The van der Waals surface area contributed by atoms with Gasteiger partial charge in [-0.1, -0.05) is 18.2 Å². The normalized spacial score (nSPS) is 11.5. The minimum Gasteiger partial charge on any atom is -0.384 e. The second-order valence-electron chi connectivity index (χ2n) is 7.49. The number of nitrogens with two attached hydrogens (primary N) is 1. The highest BCUT2D eigenvalue weighted by Gasteiger charge is 2.24. The fraction of sp³-hybridized carbons (Fsp3) is 0.261. The van der Waals surface area contributed by atoms with E-state index in [9.17, 15) is 9.18 Å². The van der Waals surface area contributed by atoms with E-state index < -0.39 is 5.82 Å². The van der Waals surface area contributed by atoms with Crippen LogP contribution in [0.4, 0.5) is 10.2 Å². The molecule has 2 aromatic heterocycles. The van der Waals surface area contributed by atoms with Crippen molar-refractivity contribution in [2.24, 2.45) is 0 Å². The second kappa shape index (κ2) is 8.69. The number of benzene rings is 2. The van der Waals surface area contributed by atoms with Crippen molar-refractivity contribution < 1.29 is 13.9 Å². The smallest absolute Gasteiger partial charge is 0.257 e. The van der Waals surface area contributed by atoms with Crippen LogP contribution >= 0.6 is 0 Å². The Morgan fingerprint density at radius 2 is 1.90 bits per heavy atom. The van der Waals surface area contributed by atoms with Crippen LogP contribution in [0.3, 0.4) is 0 Å². The van der Waals surface area contributed by atoms with Gasteiger partial charge in [0, 0.05) is 13.2 Å². The molecule has 2 heterocycles. The molecule has 0 aliphatic carbocycles. The number of halogens is 1. The van der Waals surface area contributed by atoms with E-state index in [-0.39, 0.29) is 23.4 Å². The molecule has 4 aromatic rings. The van der Waals surface area contributed by atoms with Crippen LogP contribution in [0.15, 0.2) is 48.5 Å². The van der Waals surface area contributed by atoms with Crippen LogP contribution in [0.2, 0.25) is 0 Å². The van der Waals surface area contributed by atoms with Crippen molar-refractivity contribution in [2.75, 3.05) is 18.9 Å². The largest absolute Gasteiger partial charge is 0.384 e. The Kier molecular flexibility index (Phi) is 5.81. The summed E-state index contributed by atoms with van der Waals surface area (Å²) in [7, 11) is 0. The summed E-state index contributed by atoms with van der Waals surface area (Å²) in [6.07, 6.45) is 0.806. The van der Waals surface area contributed by atoms with Crippen LogP contribution < -0.4 is 11.1 Å². The highest BCUT2D eigenvalue weighted by Crippen LogP contribution is 2.31. The summed E-state index contributed by atoms with van der Waals surface area (Å²) in [5.41, 5.74) is 9.17. The molecule has 0 unspecified atom stereocenters. The minimum absolute atomic E-state index is 0.138. The highest BCUT2D eigenvalue weighted by molar-refractivity contribution is 6.11. The Hall–Kier alpha value is -3.52. The summed E-state index contributed by atoms with van der Waals surface area (Å²) in [5.74, 6) is -0.609. The van der Waals surface area contributed by atoms with Crippen LogP contribution in [-0.4, -0.2) is 39.7 Å². The van der Waals surface area contributed by atoms with Crippen molar-refractivity contribution in [1.82, 2.24) is 19.9 Å². The molecule has 0 saturated carbocycles. The summed E-state index contributed by atoms with van der Waals surface area (Å²) < 4.78 is 21.0. The van der Waals surface area contributed by atoms with Gasteiger partial charge in [0.2, 0.25) is 0 Å². The van der Waals surface area contributed by atoms with Crippen molar-refractivity contribution in [3.8, 4) is 5.69 Å². The molecule has 7 nitrogen and oxygen atoms in total. The van der Waals surface area contributed by atoms with Gasteiger partial charge in [0.05, 0.1) is 22.8 Å². The number of anilines is 1. The van der Waals surface area contributed by atoms with Gasteiger partial charge in [-0.25, -0.2) is 14.4 Å². The monoisotopic (exact) mass is 421 g/mol. The molecule has 1 amide bonds. The van der Waals surface area contributed by atoms with Crippen LogP contribution in [0.5, 0.6) is 0 Å². The average Bonchev–Trinajstić information content (AvgIpc) is 3.02. The first-order valence-electron chi connectivity index (χ1n) is 10.2. The lowest BCUT2D eigenvalue weighted by atomic mass is 10.2. The van der Waals surface area contributed by atoms with Crippen LogP contribution in [0.1, 0.15) is 30.6 Å². The van der Waals surface area contributed by atoms with Gasteiger partial charge in [0.15, 0.2) is 5.65 Å². The van der Waals surface area contributed by atoms with Crippen molar-refractivity contribution in [2.45, 2.75) is 26.4 Å². The SMILES string of the molecule is CC(C)OCCCNC(=O)c1c(N)n(-c2cccc(F)c2)c2nc3ccccc3nc12. The van der Waals surface area contributed by atoms with Crippen molar-refractivity contribution in [3.05, 3.63) is 59.9 Å². The van der Waals surface area contributed by atoms with E-state index in [0.29, 0.717) is 47.5 Å². The molecule has 3 N–H and O–H groups in total. The first kappa shape index (κ1) is 20.7. The Morgan fingerprint density at radius 1 is 1.16 bits per heavy atom. The molecule has 8 heteroatoms. The molecule has 0 spiro atoms. The third kappa shape index (κ3) is 4.20. The number of hydrogen-bond acceptors (Lipinski definition) is 5. The van der Waals surface area contributed by atoms with E-state index in [0.717, 1.165) is 0 Å². The van der Waals surface area contributed by atoms with E-state index in [1.54, 1.807) is 16.7 Å². The zero-order valence-corrected chi connectivity index (χ0v) is 17.4. The fourth-order valence-corrected chi connectivity index (χ4v) is 3.44. The molecule has 31 heavy (non-hydrogen) atoms. The molecule has 0 radical (unpaired) electrons. The highest BCUT2D eigenvalue weighted by atomic mass is 19.1. The number of ether oxygens (including phenoxy) is 1. The molecule has 0 aliphatic heterocycles. The molecular weight excluding hydrogens is 397 g/mol. The Morgan fingerprint density at radius 3 is 2.61 bits per heavy atom. The van der Waals surface area contributed by atoms with E-state index in [1.165, 1.54) is 12.1 Å². The number of carbonyl (C=O) groups is 1. The van der Waals surface area contributed by atoms with Gasteiger partial charge >= 0.3 is 0 Å². The van der Waals surface area contributed by atoms with Gasteiger partial charge in [-0.3, -0.25) is 9.36 Å². The van der Waals surface area contributed by atoms with Crippen LogP contribution in [-0.2, 0) is 4.74 Å². The Labute approximate surface area is 179 Å². The number of para-hydroxylation sites is 2. The first-order chi connectivity index (χ1) is 15.0. The summed E-state index contributed by atoms with van der Waals surface area (Å²) >= 11 is 0. The number of nitrogens with one attached hydrogen (secondary N) is 1. The number of hydrogen-bond donors (Lipinski definition) is 2. The van der Waals surface area contributed by atoms with E-state index in [2.05, 4.69) is 15.3 Å². The predicted molar refractivity (Wildman–Crippen MR) is 119 cm³/mol. The average molecular weight is 421 g/mol. The number of rotatable bonds is 7. The molecule has 160 valence electrons. The third-order valence-corrected chi connectivity index (χ3v) is 4.85. The molecule has 0 bridgehead atoms. The summed E-state index contributed by atoms with van der Waals surface area (Å²) in [4.78, 5) is 22.4. The van der Waals surface area contributed by atoms with Crippen molar-refractivity contribution in [3.63, 3.8) is 0 Å². The fourth-order valence-electron chi connectivity index (χ4n) is 3.44. The van der Waals surface area contributed by atoms with Crippen LogP contribution in [0, 0.1) is 5.82 Å². The third-order valence-electron chi connectivity index (χ3n) is 4.85. The zero-order valence-electron chi connectivity index (χ0n) is 17.4. The van der Waals surface area contributed by atoms with Gasteiger partial charge in [-0.15, -0.1) is 0 Å². The van der Waals surface area contributed by atoms with Crippen LogP contribution in [0.25, 0.3) is 27.9 Å². The molecule has 4 rings (SSSR count). The maximum Gasteiger partial charge on any atom is 0.257 e. The lowest BCUT2D eigenvalue weighted by Crippen LogP contribution is -2.26. The van der Waals surface area contributed by atoms with Gasteiger partial charge in [0.25, 0.3) is 5.91 Å². The van der Waals surface area contributed by atoms with Gasteiger partial charge in [-0.05, 0) is 50.6 Å². The standard InChI is InChI=1S/C23H24FN5O2/c1-14(2)31-12-6-11-26-23(30)19-20-22(28-18-10-4-3-9-17(18)27-20)29(21(19)25)16-8-5-7-15(24)13-16/h3-5,7-10,13-14H,6,11-12,25H2,1-2H3,(H,26,30).